The predicted molar refractivity (Wildman–Crippen MR) is 87.6 cm³/mol. The fourth-order valence-electron chi connectivity index (χ4n) is 3.02. The van der Waals surface area contributed by atoms with Gasteiger partial charge in [-0.25, -0.2) is 0 Å². The van der Waals surface area contributed by atoms with Gasteiger partial charge in [0, 0.05) is 17.3 Å². The summed E-state index contributed by atoms with van der Waals surface area (Å²) in [5.74, 6) is 0.754. The molecule has 1 aromatic rings. The van der Waals surface area contributed by atoms with Crippen molar-refractivity contribution < 1.29 is 9.59 Å². The minimum absolute atomic E-state index is 0.0720. The fraction of sp³-hybridized carbons (Fsp3) is 0.529. The summed E-state index contributed by atoms with van der Waals surface area (Å²) in [5.41, 5.74) is 6.28. The lowest BCUT2D eigenvalue weighted by molar-refractivity contribution is -0.115. The smallest absolute Gasteiger partial charge is 0.248 e. The van der Waals surface area contributed by atoms with Gasteiger partial charge in [-0.15, -0.1) is 0 Å². The second-order valence-electron chi connectivity index (χ2n) is 6.24. The van der Waals surface area contributed by atoms with Crippen LogP contribution in [0.15, 0.2) is 24.3 Å². The zero-order valence-electron chi connectivity index (χ0n) is 13.3. The summed E-state index contributed by atoms with van der Waals surface area (Å²) in [6.45, 7) is 4.83. The van der Waals surface area contributed by atoms with E-state index >= 15 is 0 Å². The number of carbonyl (C=O) groups is 2. The first-order valence-corrected chi connectivity index (χ1v) is 7.90. The highest BCUT2D eigenvalue weighted by Gasteiger charge is 2.26. The lowest BCUT2D eigenvalue weighted by Gasteiger charge is -2.34. The Morgan fingerprint density at radius 3 is 2.50 bits per heavy atom. The lowest BCUT2D eigenvalue weighted by atomic mass is 9.78. The van der Waals surface area contributed by atoms with E-state index in [1.807, 2.05) is 0 Å². The molecule has 1 saturated carbocycles. The molecule has 5 nitrogen and oxygen atoms in total. The summed E-state index contributed by atoms with van der Waals surface area (Å²) in [4.78, 5) is 23.0. The van der Waals surface area contributed by atoms with E-state index in [4.69, 9.17) is 5.73 Å². The summed E-state index contributed by atoms with van der Waals surface area (Å²) in [6, 6.07) is 6.99. The summed E-state index contributed by atoms with van der Waals surface area (Å²) < 4.78 is 0. The molecule has 0 bridgehead atoms. The molecule has 1 fully saturated rings. The molecule has 4 N–H and O–H groups in total. The number of rotatable bonds is 5. The molecule has 0 aliphatic heterocycles. The lowest BCUT2D eigenvalue weighted by Crippen LogP contribution is -2.43. The number of nitrogens with one attached hydrogen (secondary N) is 2. The van der Waals surface area contributed by atoms with Crippen molar-refractivity contribution in [3.8, 4) is 0 Å². The maximum Gasteiger partial charge on any atom is 0.248 e. The number of carbonyl (C=O) groups excluding carboxylic acids is 2. The molecule has 3 atom stereocenters. The standard InChI is InChI=1S/C17H25N3O2/c1-11-4-3-5-15(12(11)2)19-10-16(21)20-14-8-6-13(7-9-14)17(18)22/h6-9,11-12,15,19H,3-5,10H2,1-2H3,(H2,18,22)(H,20,21)/t11-,12+,15+/m0/s1. The summed E-state index contributed by atoms with van der Waals surface area (Å²) in [5, 5.41) is 6.19. The maximum atomic E-state index is 12.0. The second kappa shape index (κ2) is 7.40. The molecule has 0 aromatic heterocycles. The molecular formula is C17H25N3O2. The van der Waals surface area contributed by atoms with Gasteiger partial charge in [-0.1, -0.05) is 26.7 Å². The fourth-order valence-corrected chi connectivity index (χ4v) is 3.02. The van der Waals surface area contributed by atoms with Gasteiger partial charge in [0.25, 0.3) is 0 Å². The molecule has 1 aliphatic rings. The van der Waals surface area contributed by atoms with E-state index in [-0.39, 0.29) is 5.91 Å². The molecule has 0 heterocycles. The van der Waals surface area contributed by atoms with Gasteiger partial charge in [0.2, 0.25) is 11.8 Å². The minimum Gasteiger partial charge on any atom is -0.366 e. The predicted octanol–water partition coefficient (Wildman–Crippen LogP) is 2.14. The van der Waals surface area contributed by atoms with Gasteiger partial charge in [-0.2, -0.15) is 0 Å². The van der Waals surface area contributed by atoms with Crippen molar-refractivity contribution in [3.63, 3.8) is 0 Å². The van der Waals surface area contributed by atoms with Gasteiger partial charge < -0.3 is 16.4 Å². The number of primary amides is 1. The highest BCUT2D eigenvalue weighted by atomic mass is 16.2. The molecule has 0 saturated heterocycles. The van der Waals surface area contributed by atoms with Gasteiger partial charge in [-0.3, -0.25) is 9.59 Å². The van der Waals surface area contributed by atoms with Crippen LogP contribution in [-0.2, 0) is 4.79 Å². The molecule has 2 rings (SSSR count). The Kier molecular flexibility index (Phi) is 5.55. The zero-order valence-corrected chi connectivity index (χ0v) is 13.3. The van der Waals surface area contributed by atoms with Gasteiger partial charge in [0.05, 0.1) is 6.54 Å². The van der Waals surface area contributed by atoms with Crippen molar-refractivity contribution in [3.05, 3.63) is 29.8 Å². The number of amides is 2. The Labute approximate surface area is 131 Å². The van der Waals surface area contributed by atoms with E-state index in [0.29, 0.717) is 35.7 Å². The first-order chi connectivity index (χ1) is 10.5. The van der Waals surface area contributed by atoms with E-state index in [1.165, 1.54) is 12.8 Å². The Bertz CT molecular complexity index is 527. The Morgan fingerprint density at radius 2 is 1.86 bits per heavy atom. The molecule has 0 radical (unpaired) electrons. The third-order valence-corrected chi connectivity index (χ3v) is 4.68. The molecular weight excluding hydrogens is 278 g/mol. The van der Waals surface area contributed by atoms with Crippen LogP contribution in [0.5, 0.6) is 0 Å². The third-order valence-electron chi connectivity index (χ3n) is 4.68. The SMILES string of the molecule is C[C@@H]1[C@@H](C)CCC[C@H]1NCC(=O)Nc1ccc(C(N)=O)cc1. The number of hydrogen-bond donors (Lipinski definition) is 3. The van der Waals surface area contributed by atoms with Crippen molar-refractivity contribution in [2.45, 2.75) is 39.2 Å². The van der Waals surface area contributed by atoms with Gasteiger partial charge in [-0.05, 0) is 42.5 Å². The Balaban J connectivity index is 1.81. The number of nitrogens with two attached hydrogens (primary N) is 1. The number of anilines is 1. The summed E-state index contributed by atoms with van der Waals surface area (Å²) >= 11 is 0. The molecule has 0 spiro atoms. The monoisotopic (exact) mass is 303 g/mol. The third kappa shape index (κ3) is 4.31. The van der Waals surface area contributed by atoms with E-state index in [0.717, 1.165) is 6.42 Å². The first-order valence-electron chi connectivity index (χ1n) is 7.90. The van der Waals surface area contributed by atoms with Crippen LogP contribution in [0.4, 0.5) is 5.69 Å². The number of benzene rings is 1. The van der Waals surface area contributed by atoms with Crippen molar-refractivity contribution in [2.75, 3.05) is 11.9 Å². The average molecular weight is 303 g/mol. The van der Waals surface area contributed by atoms with E-state index in [2.05, 4.69) is 24.5 Å². The van der Waals surface area contributed by atoms with Crippen LogP contribution in [0.1, 0.15) is 43.5 Å². The highest BCUT2D eigenvalue weighted by molar-refractivity contribution is 5.95. The van der Waals surface area contributed by atoms with Crippen molar-refractivity contribution in [1.29, 1.82) is 0 Å². The van der Waals surface area contributed by atoms with Crippen LogP contribution < -0.4 is 16.4 Å². The summed E-state index contributed by atoms with van der Waals surface area (Å²) in [7, 11) is 0. The minimum atomic E-state index is -0.472. The highest BCUT2D eigenvalue weighted by Crippen LogP contribution is 2.29. The molecule has 0 unspecified atom stereocenters. The van der Waals surface area contributed by atoms with Crippen LogP contribution in [0.25, 0.3) is 0 Å². The van der Waals surface area contributed by atoms with E-state index in [9.17, 15) is 9.59 Å². The molecule has 2 amide bonds. The maximum absolute atomic E-state index is 12.0. The molecule has 22 heavy (non-hydrogen) atoms. The topological polar surface area (TPSA) is 84.2 Å². The van der Waals surface area contributed by atoms with Crippen molar-refractivity contribution in [2.24, 2.45) is 17.6 Å². The van der Waals surface area contributed by atoms with E-state index in [1.54, 1.807) is 24.3 Å². The molecule has 5 heteroatoms. The average Bonchev–Trinajstić information content (AvgIpc) is 2.49. The summed E-state index contributed by atoms with van der Waals surface area (Å²) in [6.07, 6.45) is 3.63. The molecule has 1 aliphatic carbocycles. The van der Waals surface area contributed by atoms with Gasteiger partial charge >= 0.3 is 0 Å². The Hall–Kier alpha value is -1.88. The first kappa shape index (κ1) is 16.5. The van der Waals surface area contributed by atoms with Crippen molar-refractivity contribution >= 4 is 17.5 Å². The van der Waals surface area contributed by atoms with Crippen LogP contribution >= 0.6 is 0 Å². The second-order valence-corrected chi connectivity index (χ2v) is 6.24. The van der Waals surface area contributed by atoms with Crippen LogP contribution in [0.2, 0.25) is 0 Å². The quantitative estimate of drug-likeness (QED) is 0.779. The van der Waals surface area contributed by atoms with Crippen LogP contribution in [-0.4, -0.2) is 24.4 Å². The van der Waals surface area contributed by atoms with Crippen LogP contribution in [0, 0.1) is 11.8 Å². The molecule has 1 aromatic carbocycles. The van der Waals surface area contributed by atoms with Gasteiger partial charge in [0.15, 0.2) is 0 Å². The largest absolute Gasteiger partial charge is 0.366 e. The zero-order chi connectivity index (χ0) is 16.1. The van der Waals surface area contributed by atoms with Gasteiger partial charge in [0.1, 0.15) is 0 Å². The normalized spacial score (nSPS) is 24.7. The van der Waals surface area contributed by atoms with Crippen LogP contribution in [0.3, 0.4) is 0 Å². The van der Waals surface area contributed by atoms with E-state index < -0.39 is 5.91 Å². The Morgan fingerprint density at radius 1 is 1.18 bits per heavy atom. The molecule has 120 valence electrons. The van der Waals surface area contributed by atoms with Crippen molar-refractivity contribution in [1.82, 2.24) is 5.32 Å². The number of hydrogen-bond acceptors (Lipinski definition) is 3.